The molecule has 140 valence electrons. The van der Waals surface area contributed by atoms with Crippen molar-refractivity contribution in [3.63, 3.8) is 0 Å². The molecule has 0 radical (unpaired) electrons. The van der Waals surface area contributed by atoms with Crippen molar-refractivity contribution < 1.29 is 22.7 Å². The maximum Gasteiger partial charge on any atom is 0.343 e. The number of sulfonamides is 1. The second kappa shape index (κ2) is 8.06. The zero-order valence-electron chi connectivity index (χ0n) is 14.1. The molecule has 0 spiro atoms. The maximum absolute atomic E-state index is 12.8. The van der Waals surface area contributed by atoms with Crippen molar-refractivity contribution in [1.82, 2.24) is 4.31 Å². The summed E-state index contributed by atoms with van der Waals surface area (Å²) in [4.78, 5) is 12.2. The fraction of sp³-hybridized carbons (Fsp3) is 0.222. The first-order valence-electron chi connectivity index (χ1n) is 8.01. The summed E-state index contributed by atoms with van der Waals surface area (Å²) in [6, 6.07) is 11.9. The Bertz CT molecular complexity index is 993. The predicted molar refractivity (Wildman–Crippen MR) is 97.1 cm³/mol. The van der Waals surface area contributed by atoms with Crippen LogP contribution in [0.15, 0.2) is 47.4 Å². The van der Waals surface area contributed by atoms with Crippen molar-refractivity contribution in [2.45, 2.75) is 4.90 Å². The average molecular weight is 407 g/mol. The van der Waals surface area contributed by atoms with E-state index in [4.69, 9.17) is 26.3 Å². The number of nitrogens with zero attached hydrogens (tertiary/aromatic N) is 2. The molecule has 0 saturated carbocycles. The van der Waals surface area contributed by atoms with Gasteiger partial charge in [-0.2, -0.15) is 9.57 Å². The first kappa shape index (κ1) is 19.3. The fourth-order valence-corrected chi connectivity index (χ4v) is 4.43. The van der Waals surface area contributed by atoms with Crippen LogP contribution in [0.2, 0.25) is 5.02 Å². The molecule has 3 rings (SSSR count). The summed E-state index contributed by atoms with van der Waals surface area (Å²) in [5.41, 5.74) is 0.482. The highest BCUT2D eigenvalue weighted by Gasteiger charge is 2.29. The number of halogens is 1. The van der Waals surface area contributed by atoms with E-state index in [0.29, 0.717) is 18.8 Å². The molecule has 2 aromatic carbocycles. The van der Waals surface area contributed by atoms with Crippen LogP contribution in [0.5, 0.6) is 5.75 Å². The van der Waals surface area contributed by atoms with Gasteiger partial charge in [0, 0.05) is 13.1 Å². The van der Waals surface area contributed by atoms with Gasteiger partial charge in [0.15, 0.2) is 0 Å². The quantitative estimate of drug-likeness (QED) is 0.571. The molecule has 1 heterocycles. The van der Waals surface area contributed by atoms with Crippen molar-refractivity contribution in [3.8, 4) is 11.8 Å². The molecule has 2 aromatic rings. The van der Waals surface area contributed by atoms with E-state index in [9.17, 15) is 13.2 Å². The number of ether oxygens (including phenoxy) is 2. The van der Waals surface area contributed by atoms with E-state index in [1.54, 1.807) is 0 Å². The number of hydrogen-bond donors (Lipinski definition) is 0. The van der Waals surface area contributed by atoms with Crippen molar-refractivity contribution in [1.29, 1.82) is 5.26 Å². The van der Waals surface area contributed by atoms with Gasteiger partial charge in [0.25, 0.3) is 0 Å². The van der Waals surface area contributed by atoms with E-state index in [-0.39, 0.29) is 34.3 Å². The van der Waals surface area contributed by atoms with E-state index in [1.807, 2.05) is 6.07 Å². The zero-order chi connectivity index (χ0) is 19.4. The van der Waals surface area contributed by atoms with E-state index in [2.05, 4.69) is 0 Å². The summed E-state index contributed by atoms with van der Waals surface area (Å²) in [6.07, 6.45) is 0. The monoisotopic (exact) mass is 406 g/mol. The summed E-state index contributed by atoms with van der Waals surface area (Å²) in [7, 11) is -3.85. The number of hydrogen-bond acceptors (Lipinski definition) is 6. The molecule has 0 aromatic heterocycles. The average Bonchev–Trinajstić information content (AvgIpc) is 2.69. The Morgan fingerprint density at radius 3 is 2.44 bits per heavy atom. The molecular formula is C18H15ClN2O5S. The number of rotatable bonds is 4. The lowest BCUT2D eigenvalue weighted by molar-refractivity contribution is 0.0727. The number of morpholine rings is 1. The van der Waals surface area contributed by atoms with Gasteiger partial charge in [0.2, 0.25) is 10.0 Å². The normalized spacial score (nSPS) is 15.1. The standard InChI is InChI=1S/C18H15ClN2O5S/c19-16-6-3-14(18(22)26-15-4-1-13(12-20)2-5-15)11-17(16)27(23,24)21-7-9-25-10-8-21/h1-6,11H,7-10H2. The van der Waals surface area contributed by atoms with Crippen LogP contribution in [0, 0.1) is 11.3 Å². The number of nitriles is 1. The Labute approximate surface area is 161 Å². The van der Waals surface area contributed by atoms with Gasteiger partial charge >= 0.3 is 5.97 Å². The van der Waals surface area contributed by atoms with Gasteiger partial charge in [0.05, 0.1) is 35.4 Å². The summed E-state index contributed by atoms with van der Waals surface area (Å²) in [6.45, 7) is 1.05. The van der Waals surface area contributed by atoms with E-state index >= 15 is 0 Å². The van der Waals surface area contributed by atoms with Gasteiger partial charge in [0.1, 0.15) is 10.6 Å². The van der Waals surface area contributed by atoms with Crippen LogP contribution in [0.1, 0.15) is 15.9 Å². The molecule has 0 aliphatic carbocycles. The number of esters is 1. The van der Waals surface area contributed by atoms with Crippen LogP contribution in [0.3, 0.4) is 0 Å². The number of carbonyl (C=O) groups excluding carboxylic acids is 1. The minimum atomic E-state index is -3.85. The molecule has 1 aliphatic heterocycles. The highest BCUT2D eigenvalue weighted by atomic mass is 35.5. The molecule has 0 bridgehead atoms. The molecule has 0 unspecified atom stereocenters. The summed E-state index contributed by atoms with van der Waals surface area (Å²) in [5.74, 6) is -0.485. The molecule has 1 fully saturated rings. The van der Waals surface area contributed by atoms with Crippen molar-refractivity contribution in [2.75, 3.05) is 26.3 Å². The largest absolute Gasteiger partial charge is 0.423 e. The highest BCUT2D eigenvalue weighted by Crippen LogP contribution is 2.27. The molecule has 0 atom stereocenters. The van der Waals surface area contributed by atoms with Gasteiger partial charge in [-0.1, -0.05) is 11.6 Å². The second-order valence-electron chi connectivity index (χ2n) is 5.69. The van der Waals surface area contributed by atoms with Crippen LogP contribution in [0.25, 0.3) is 0 Å². The summed E-state index contributed by atoms with van der Waals surface area (Å²) in [5, 5.41) is 8.81. The smallest absolute Gasteiger partial charge is 0.343 e. The molecular weight excluding hydrogens is 392 g/mol. The first-order chi connectivity index (χ1) is 12.9. The predicted octanol–water partition coefficient (Wildman–Crippen LogP) is 2.45. The van der Waals surface area contributed by atoms with Gasteiger partial charge in [-0.3, -0.25) is 0 Å². The molecule has 1 saturated heterocycles. The molecule has 9 heteroatoms. The second-order valence-corrected chi connectivity index (χ2v) is 8.00. The van der Waals surface area contributed by atoms with Gasteiger partial charge in [-0.05, 0) is 42.5 Å². The molecule has 27 heavy (non-hydrogen) atoms. The molecule has 1 aliphatic rings. The number of benzene rings is 2. The summed E-state index contributed by atoms with van der Waals surface area (Å²) < 4.78 is 37.3. The van der Waals surface area contributed by atoms with Gasteiger partial charge < -0.3 is 9.47 Å². The Balaban J connectivity index is 1.85. The van der Waals surface area contributed by atoms with E-state index < -0.39 is 16.0 Å². The Kier molecular flexibility index (Phi) is 5.77. The van der Waals surface area contributed by atoms with Gasteiger partial charge in [-0.25, -0.2) is 13.2 Å². The van der Waals surface area contributed by atoms with Crippen LogP contribution in [-0.2, 0) is 14.8 Å². The SMILES string of the molecule is N#Cc1ccc(OC(=O)c2ccc(Cl)c(S(=O)(=O)N3CCOCC3)c2)cc1. The van der Waals surface area contributed by atoms with E-state index in [0.717, 1.165) is 0 Å². The minimum absolute atomic E-state index is 0.0245. The maximum atomic E-state index is 12.8. The van der Waals surface area contributed by atoms with Crippen LogP contribution in [-0.4, -0.2) is 45.0 Å². The third kappa shape index (κ3) is 4.28. The highest BCUT2D eigenvalue weighted by molar-refractivity contribution is 7.89. The minimum Gasteiger partial charge on any atom is -0.423 e. The van der Waals surface area contributed by atoms with E-state index in [1.165, 1.54) is 46.8 Å². The van der Waals surface area contributed by atoms with Crippen molar-refractivity contribution in [3.05, 3.63) is 58.6 Å². The number of carbonyl (C=O) groups is 1. The lowest BCUT2D eigenvalue weighted by atomic mass is 10.2. The lowest BCUT2D eigenvalue weighted by Gasteiger charge is -2.26. The van der Waals surface area contributed by atoms with Crippen molar-refractivity contribution >= 4 is 27.6 Å². The molecule has 7 nitrogen and oxygen atoms in total. The lowest BCUT2D eigenvalue weighted by Crippen LogP contribution is -2.40. The van der Waals surface area contributed by atoms with Crippen LogP contribution in [0.4, 0.5) is 0 Å². The zero-order valence-corrected chi connectivity index (χ0v) is 15.7. The molecule has 0 N–H and O–H groups in total. The molecule has 0 amide bonds. The van der Waals surface area contributed by atoms with Crippen LogP contribution >= 0.6 is 11.6 Å². The third-order valence-electron chi connectivity index (χ3n) is 3.95. The van der Waals surface area contributed by atoms with Crippen molar-refractivity contribution in [2.24, 2.45) is 0 Å². The summed E-state index contributed by atoms with van der Waals surface area (Å²) >= 11 is 6.08. The first-order valence-corrected chi connectivity index (χ1v) is 9.83. The fourth-order valence-electron chi connectivity index (χ4n) is 2.52. The third-order valence-corrected chi connectivity index (χ3v) is 6.33. The Morgan fingerprint density at radius 1 is 1.15 bits per heavy atom. The van der Waals surface area contributed by atoms with Crippen LogP contribution < -0.4 is 4.74 Å². The topological polar surface area (TPSA) is 96.7 Å². The van der Waals surface area contributed by atoms with Gasteiger partial charge in [-0.15, -0.1) is 0 Å². The Morgan fingerprint density at radius 2 is 1.81 bits per heavy atom. The Hall–Kier alpha value is -2.44.